The van der Waals surface area contributed by atoms with Crippen molar-refractivity contribution in [3.05, 3.63) is 94.0 Å². The zero-order valence-electron chi connectivity index (χ0n) is 23.2. The molecule has 0 aromatic heterocycles. The summed E-state index contributed by atoms with van der Waals surface area (Å²) in [6.07, 6.45) is 5.06. The number of aryl methyl sites for hydroxylation is 1. The number of nitrogens with one attached hydrogen (secondary N) is 1. The fourth-order valence-corrected chi connectivity index (χ4v) is 6.79. The highest BCUT2D eigenvalue weighted by Crippen LogP contribution is 2.31. The summed E-state index contributed by atoms with van der Waals surface area (Å²) >= 11 is 12.5. The molecule has 0 aliphatic heterocycles. The van der Waals surface area contributed by atoms with Crippen molar-refractivity contribution < 1.29 is 18.0 Å². The third-order valence-corrected chi connectivity index (χ3v) is 9.74. The van der Waals surface area contributed by atoms with Crippen molar-refractivity contribution in [2.45, 2.75) is 69.5 Å². The molecule has 1 aliphatic rings. The number of para-hydroxylation sites is 1. The fraction of sp³-hybridized carbons (Fsp3) is 0.355. The molecule has 41 heavy (non-hydrogen) atoms. The molecule has 0 heterocycles. The SMILES string of the molecule is Cc1ccc(S(=O)(=O)N(CC(=O)N(Cc2ccc(Cl)cc2)[C@@H](C)C(=O)NC2CCCCC2)c2ccccc2Cl)cc1. The maximum atomic E-state index is 14.1. The number of sulfonamides is 1. The number of rotatable bonds is 10. The summed E-state index contributed by atoms with van der Waals surface area (Å²) < 4.78 is 28.9. The van der Waals surface area contributed by atoms with E-state index in [1.165, 1.54) is 17.0 Å². The first-order valence-corrected chi connectivity index (χ1v) is 15.9. The Balaban J connectivity index is 1.68. The highest BCUT2D eigenvalue weighted by Gasteiger charge is 2.34. The van der Waals surface area contributed by atoms with Gasteiger partial charge in [-0.05, 0) is 68.7 Å². The number of amides is 2. The topological polar surface area (TPSA) is 86.8 Å². The zero-order chi connectivity index (χ0) is 29.6. The molecule has 4 rings (SSSR count). The van der Waals surface area contributed by atoms with Crippen molar-refractivity contribution in [1.29, 1.82) is 0 Å². The second kappa shape index (κ2) is 13.7. The molecule has 2 amide bonds. The Hall–Kier alpha value is -3.07. The van der Waals surface area contributed by atoms with Crippen molar-refractivity contribution in [3.63, 3.8) is 0 Å². The minimum Gasteiger partial charge on any atom is -0.352 e. The minimum atomic E-state index is -4.19. The lowest BCUT2D eigenvalue weighted by atomic mass is 9.95. The fourth-order valence-electron chi connectivity index (χ4n) is 4.94. The molecular weight excluding hydrogens is 581 g/mol. The molecule has 0 saturated heterocycles. The van der Waals surface area contributed by atoms with Gasteiger partial charge in [0.1, 0.15) is 12.6 Å². The Labute approximate surface area is 252 Å². The molecular formula is C31H35Cl2N3O4S. The van der Waals surface area contributed by atoms with E-state index in [1.54, 1.807) is 67.6 Å². The Morgan fingerprint density at radius 1 is 0.927 bits per heavy atom. The number of benzene rings is 3. The summed E-state index contributed by atoms with van der Waals surface area (Å²) in [6, 6.07) is 19.1. The number of carbonyl (C=O) groups is 2. The van der Waals surface area contributed by atoms with E-state index in [2.05, 4.69) is 5.32 Å². The molecule has 0 bridgehead atoms. The molecule has 1 N–H and O–H groups in total. The van der Waals surface area contributed by atoms with Gasteiger partial charge < -0.3 is 10.2 Å². The van der Waals surface area contributed by atoms with E-state index < -0.39 is 28.5 Å². The summed E-state index contributed by atoms with van der Waals surface area (Å²) in [5, 5.41) is 3.83. The van der Waals surface area contributed by atoms with Gasteiger partial charge in [-0.25, -0.2) is 8.42 Å². The Bertz CT molecular complexity index is 1460. The van der Waals surface area contributed by atoms with Crippen LogP contribution < -0.4 is 9.62 Å². The molecule has 1 saturated carbocycles. The van der Waals surface area contributed by atoms with E-state index >= 15 is 0 Å². The van der Waals surface area contributed by atoms with Gasteiger partial charge in [0.2, 0.25) is 11.8 Å². The Morgan fingerprint density at radius 3 is 2.20 bits per heavy atom. The number of halogens is 2. The van der Waals surface area contributed by atoms with Gasteiger partial charge in [-0.15, -0.1) is 0 Å². The monoisotopic (exact) mass is 615 g/mol. The van der Waals surface area contributed by atoms with Gasteiger partial charge in [0.25, 0.3) is 10.0 Å². The summed E-state index contributed by atoms with van der Waals surface area (Å²) in [5.74, 6) is -0.813. The van der Waals surface area contributed by atoms with E-state index in [0.717, 1.165) is 47.5 Å². The van der Waals surface area contributed by atoms with Crippen LogP contribution in [-0.2, 0) is 26.2 Å². The second-order valence-electron chi connectivity index (χ2n) is 10.4. The van der Waals surface area contributed by atoms with Gasteiger partial charge in [-0.2, -0.15) is 0 Å². The molecule has 1 aliphatic carbocycles. The van der Waals surface area contributed by atoms with Gasteiger partial charge in [0.15, 0.2) is 0 Å². The normalized spacial score (nSPS) is 14.7. The summed E-state index contributed by atoms with van der Waals surface area (Å²) in [5.41, 5.74) is 1.83. The first-order chi connectivity index (χ1) is 19.6. The van der Waals surface area contributed by atoms with Crippen LogP contribution in [0.5, 0.6) is 0 Å². The van der Waals surface area contributed by atoms with Gasteiger partial charge in [0, 0.05) is 17.6 Å². The molecule has 10 heteroatoms. The zero-order valence-corrected chi connectivity index (χ0v) is 25.6. The molecule has 1 atom stereocenters. The van der Waals surface area contributed by atoms with Gasteiger partial charge >= 0.3 is 0 Å². The smallest absolute Gasteiger partial charge is 0.264 e. The van der Waals surface area contributed by atoms with Crippen LogP contribution in [0.3, 0.4) is 0 Å². The lowest BCUT2D eigenvalue weighted by Crippen LogP contribution is -2.53. The first-order valence-electron chi connectivity index (χ1n) is 13.7. The predicted molar refractivity (Wildman–Crippen MR) is 164 cm³/mol. The highest BCUT2D eigenvalue weighted by molar-refractivity contribution is 7.92. The maximum absolute atomic E-state index is 14.1. The predicted octanol–water partition coefficient (Wildman–Crippen LogP) is 6.36. The summed E-state index contributed by atoms with van der Waals surface area (Å²) in [6.45, 7) is 3.07. The molecule has 1 fully saturated rings. The maximum Gasteiger partial charge on any atom is 0.264 e. The van der Waals surface area contributed by atoms with E-state index in [4.69, 9.17) is 23.2 Å². The molecule has 0 unspecified atom stereocenters. The summed E-state index contributed by atoms with van der Waals surface area (Å²) in [7, 11) is -4.19. The lowest BCUT2D eigenvalue weighted by Gasteiger charge is -2.33. The third kappa shape index (κ3) is 7.82. The van der Waals surface area contributed by atoms with E-state index in [1.807, 2.05) is 6.92 Å². The quantitative estimate of drug-likeness (QED) is 0.287. The molecule has 7 nitrogen and oxygen atoms in total. The molecule has 3 aromatic rings. The van der Waals surface area contributed by atoms with E-state index in [-0.39, 0.29) is 34.1 Å². The van der Waals surface area contributed by atoms with Crippen LogP contribution in [0.2, 0.25) is 10.0 Å². The lowest BCUT2D eigenvalue weighted by molar-refractivity contribution is -0.139. The second-order valence-corrected chi connectivity index (χ2v) is 13.1. The van der Waals surface area contributed by atoms with Crippen LogP contribution in [0.25, 0.3) is 0 Å². The highest BCUT2D eigenvalue weighted by atomic mass is 35.5. The molecule has 0 radical (unpaired) electrons. The van der Waals surface area contributed by atoms with Crippen molar-refractivity contribution >= 4 is 50.7 Å². The standard InChI is InChI=1S/C31H35Cl2N3O4S/c1-22-12-18-27(19-13-22)41(39,40)36(29-11-7-6-10-28(29)33)21-30(37)35(20-24-14-16-25(32)17-15-24)23(2)31(38)34-26-8-4-3-5-9-26/h6-7,10-19,23,26H,3-5,8-9,20-21H2,1-2H3,(H,34,38)/t23-/m0/s1. The van der Waals surface area contributed by atoms with Crippen LogP contribution in [0.1, 0.15) is 50.2 Å². The van der Waals surface area contributed by atoms with E-state index in [0.29, 0.717) is 5.02 Å². The van der Waals surface area contributed by atoms with E-state index in [9.17, 15) is 18.0 Å². The van der Waals surface area contributed by atoms with Gasteiger partial charge in [-0.3, -0.25) is 13.9 Å². The minimum absolute atomic E-state index is 0.0307. The van der Waals surface area contributed by atoms with Crippen LogP contribution in [0.15, 0.2) is 77.7 Å². The first kappa shape index (κ1) is 30.9. The third-order valence-electron chi connectivity index (χ3n) is 7.39. The Kier molecular flexibility index (Phi) is 10.3. The number of hydrogen-bond acceptors (Lipinski definition) is 4. The Morgan fingerprint density at radius 2 is 1.56 bits per heavy atom. The largest absolute Gasteiger partial charge is 0.352 e. The van der Waals surface area contributed by atoms with Crippen molar-refractivity contribution in [3.8, 4) is 0 Å². The summed E-state index contributed by atoms with van der Waals surface area (Å²) in [4.78, 5) is 28.9. The number of carbonyl (C=O) groups excluding carboxylic acids is 2. The van der Waals surface area contributed by atoms with Crippen LogP contribution in [0.4, 0.5) is 5.69 Å². The van der Waals surface area contributed by atoms with Gasteiger partial charge in [-0.1, -0.05) is 84.4 Å². The van der Waals surface area contributed by atoms with Crippen LogP contribution >= 0.6 is 23.2 Å². The molecule has 218 valence electrons. The van der Waals surface area contributed by atoms with Crippen molar-refractivity contribution in [2.24, 2.45) is 0 Å². The number of hydrogen-bond donors (Lipinski definition) is 1. The van der Waals surface area contributed by atoms with Crippen LogP contribution in [0, 0.1) is 6.92 Å². The number of anilines is 1. The van der Waals surface area contributed by atoms with Crippen molar-refractivity contribution in [2.75, 3.05) is 10.8 Å². The van der Waals surface area contributed by atoms with Crippen LogP contribution in [-0.4, -0.2) is 43.8 Å². The number of nitrogens with zero attached hydrogens (tertiary/aromatic N) is 2. The van der Waals surface area contributed by atoms with Gasteiger partial charge in [0.05, 0.1) is 15.6 Å². The molecule has 0 spiro atoms. The van der Waals surface area contributed by atoms with Crippen molar-refractivity contribution in [1.82, 2.24) is 10.2 Å². The average molecular weight is 617 g/mol. The average Bonchev–Trinajstić information content (AvgIpc) is 2.96. The molecule has 3 aromatic carbocycles.